The molecule has 1 aliphatic heterocycles. The first-order valence-electron chi connectivity index (χ1n) is 9.48. The highest BCUT2D eigenvalue weighted by Crippen LogP contribution is 2.34. The first-order valence-corrected chi connectivity index (χ1v) is 9.48. The van der Waals surface area contributed by atoms with Crippen molar-refractivity contribution in [3.05, 3.63) is 99.7 Å². The van der Waals surface area contributed by atoms with Crippen LogP contribution in [-0.4, -0.2) is 27.1 Å². The summed E-state index contributed by atoms with van der Waals surface area (Å²) in [5.74, 6) is -0.195. The Morgan fingerprint density at radius 3 is 2.76 bits per heavy atom. The summed E-state index contributed by atoms with van der Waals surface area (Å²) < 4.78 is 7.55. The van der Waals surface area contributed by atoms with Crippen LogP contribution in [0.4, 0.5) is 0 Å². The van der Waals surface area contributed by atoms with Crippen molar-refractivity contribution < 1.29 is 9.21 Å². The largest absolute Gasteiger partial charge is 0.451 e. The van der Waals surface area contributed by atoms with Crippen LogP contribution < -0.4 is 5.43 Å². The van der Waals surface area contributed by atoms with Crippen LogP contribution in [0.25, 0.3) is 11.0 Å². The molecule has 2 aromatic heterocycles. The zero-order chi connectivity index (χ0) is 20.0. The van der Waals surface area contributed by atoms with Gasteiger partial charge in [-0.15, -0.1) is 0 Å². The van der Waals surface area contributed by atoms with Gasteiger partial charge in [0.1, 0.15) is 5.58 Å². The third-order valence-corrected chi connectivity index (χ3v) is 5.45. The number of fused-ring (bicyclic) bond motifs is 2. The molecule has 144 valence electrons. The minimum absolute atomic E-state index is 0.0183. The monoisotopic (exact) mass is 385 g/mol. The molecule has 0 N–H and O–H groups in total. The number of aromatic nitrogens is 2. The predicted molar refractivity (Wildman–Crippen MR) is 109 cm³/mol. The molecule has 0 bridgehead atoms. The Morgan fingerprint density at radius 2 is 1.93 bits per heavy atom. The molecule has 1 amide bonds. The van der Waals surface area contributed by atoms with Crippen LogP contribution in [0.2, 0.25) is 0 Å². The number of benzene rings is 2. The van der Waals surface area contributed by atoms with E-state index in [1.807, 2.05) is 37.6 Å². The van der Waals surface area contributed by atoms with E-state index in [-0.39, 0.29) is 23.0 Å². The highest BCUT2D eigenvalue weighted by Gasteiger charge is 2.31. The lowest BCUT2D eigenvalue weighted by atomic mass is 9.86. The third kappa shape index (κ3) is 3.02. The summed E-state index contributed by atoms with van der Waals surface area (Å²) in [4.78, 5) is 27.4. The number of carbonyl (C=O) groups is 1. The lowest BCUT2D eigenvalue weighted by Crippen LogP contribution is -2.38. The summed E-state index contributed by atoms with van der Waals surface area (Å²) in [7, 11) is 1.88. The first-order chi connectivity index (χ1) is 14.1. The number of para-hydroxylation sites is 1. The van der Waals surface area contributed by atoms with E-state index in [2.05, 4.69) is 11.2 Å². The summed E-state index contributed by atoms with van der Waals surface area (Å²) in [6.07, 6.45) is 3.82. The van der Waals surface area contributed by atoms with Gasteiger partial charge in [0.25, 0.3) is 5.91 Å². The van der Waals surface area contributed by atoms with E-state index in [4.69, 9.17) is 4.42 Å². The normalized spacial score (nSPS) is 16.0. The molecule has 2 aromatic carbocycles. The number of hydrogen-bond acceptors (Lipinski definition) is 4. The molecule has 6 nitrogen and oxygen atoms in total. The average Bonchev–Trinajstić information content (AvgIpc) is 3.18. The standard InChI is InChI=1S/C23H19N3O3/c1-25-12-16(11-24-25)19-14-26(13-15-6-2-3-7-17(15)19)23(28)22-10-20(27)18-8-4-5-9-21(18)29-22/h2-12,19H,13-14H2,1H3/t19-/m1/s1. The summed E-state index contributed by atoms with van der Waals surface area (Å²) in [5, 5.41) is 4.77. The third-order valence-electron chi connectivity index (χ3n) is 5.45. The van der Waals surface area contributed by atoms with Crippen molar-refractivity contribution in [3.8, 4) is 0 Å². The Hall–Kier alpha value is -3.67. The molecular weight excluding hydrogens is 366 g/mol. The van der Waals surface area contributed by atoms with Gasteiger partial charge in [-0.1, -0.05) is 36.4 Å². The van der Waals surface area contributed by atoms with Gasteiger partial charge in [-0.05, 0) is 28.8 Å². The molecule has 4 aromatic rings. The van der Waals surface area contributed by atoms with Crippen LogP contribution >= 0.6 is 0 Å². The predicted octanol–water partition coefficient (Wildman–Crippen LogP) is 3.31. The fraction of sp³-hybridized carbons (Fsp3) is 0.174. The van der Waals surface area contributed by atoms with E-state index >= 15 is 0 Å². The Morgan fingerprint density at radius 1 is 1.14 bits per heavy atom. The van der Waals surface area contributed by atoms with Crippen molar-refractivity contribution >= 4 is 16.9 Å². The van der Waals surface area contributed by atoms with E-state index < -0.39 is 0 Å². The van der Waals surface area contributed by atoms with E-state index in [1.54, 1.807) is 33.8 Å². The van der Waals surface area contributed by atoms with Gasteiger partial charge in [-0.25, -0.2) is 0 Å². The molecule has 3 heterocycles. The van der Waals surface area contributed by atoms with Gasteiger partial charge in [0.05, 0.1) is 11.6 Å². The maximum Gasteiger partial charge on any atom is 0.290 e. The Balaban J connectivity index is 1.55. The summed E-state index contributed by atoms with van der Waals surface area (Å²) in [5.41, 5.74) is 3.55. The zero-order valence-electron chi connectivity index (χ0n) is 15.9. The van der Waals surface area contributed by atoms with Gasteiger partial charge >= 0.3 is 0 Å². The molecular formula is C23H19N3O3. The second-order valence-corrected chi connectivity index (χ2v) is 7.36. The maximum absolute atomic E-state index is 13.3. The molecule has 1 atom stereocenters. The second kappa shape index (κ2) is 6.74. The minimum atomic E-state index is -0.281. The van der Waals surface area contributed by atoms with E-state index in [0.717, 1.165) is 11.1 Å². The van der Waals surface area contributed by atoms with Crippen molar-refractivity contribution in [1.82, 2.24) is 14.7 Å². The van der Waals surface area contributed by atoms with E-state index in [0.29, 0.717) is 24.1 Å². The van der Waals surface area contributed by atoms with Crippen LogP contribution in [0.3, 0.4) is 0 Å². The van der Waals surface area contributed by atoms with Crippen molar-refractivity contribution in [2.24, 2.45) is 7.05 Å². The number of carbonyl (C=O) groups excluding carboxylic acids is 1. The summed E-state index contributed by atoms with van der Waals surface area (Å²) in [6.45, 7) is 0.973. The molecule has 0 unspecified atom stereocenters. The fourth-order valence-corrected chi connectivity index (χ4v) is 4.03. The topological polar surface area (TPSA) is 68.3 Å². The Kier molecular flexibility index (Phi) is 4.05. The van der Waals surface area contributed by atoms with Gasteiger partial charge in [-0.2, -0.15) is 5.10 Å². The van der Waals surface area contributed by atoms with Crippen molar-refractivity contribution in [1.29, 1.82) is 0 Å². The van der Waals surface area contributed by atoms with Crippen molar-refractivity contribution in [3.63, 3.8) is 0 Å². The van der Waals surface area contributed by atoms with E-state index in [1.165, 1.54) is 11.6 Å². The number of aryl methyl sites for hydroxylation is 1. The maximum atomic E-state index is 13.3. The molecule has 0 radical (unpaired) electrons. The lowest BCUT2D eigenvalue weighted by molar-refractivity contribution is 0.0693. The molecule has 0 fully saturated rings. The van der Waals surface area contributed by atoms with Gasteiger partial charge in [-0.3, -0.25) is 14.3 Å². The zero-order valence-corrected chi connectivity index (χ0v) is 15.9. The lowest BCUT2D eigenvalue weighted by Gasteiger charge is -2.34. The number of rotatable bonds is 2. The average molecular weight is 385 g/mol. The Labute approximate surface area is 167 Å². The van der Waals surface area contributed by atoms with E-state index in [9.17, 15) is 9.59 Å². The van der Waals surface area contributed by atoms with Crippen LogP contribution in [0, 0.1) is 0 Å². The fourth-order valence-electron chi connectivity index (χ4n) is 4.03. The van der Waals surface area contributed by atoms with Gasteiger partial charge in [0, 0.05) is 38.3 Å². The number of hydrogen-bond donors (Lipinski definition) is 0. The van der Waals surface area contributed by atoms with Crippen molar-refractivity contribution in [2.75, 3.05) is 6.54 Å². The van der Waals surface area contributed by atoms with Gasteiger partial charge < -0.3 is 9.32 Å². The van der Waals surface area contributed by atoms with Crippen molar-refractivity contribution in [2.45, 2.75) is 12.5 Å². The summed E-state index contributed by atoms with van der Waals surface area (Å²) >= 11 is 0. The van der Waals surface area contributed by atoms with Crippen LogP contribution in [-0.2, 0) is 13.6 Å². The van der Waals surface area contributed by atoms with Gasteiger partial charge in [0.2, 0.25) is 0 Å². The molecule has 0 spiro atoms. The molecule has 0 saturated carbocycles. The summed E-state index contributed by atoms with van der Waals surface area (Å²) in [6, 6.07) is 16.4. The van der Waals surface area contributed by atoms with Crippen LogP contribution in [0.5, 0.6) is 0 Å². The second-order valence-electron chi connectivity index (χ2n) is 7.36. The molecule has 6 heteroatoms. The highest BCUT2D eigenvalue weighted by molar-refractivity contribution is 5.93. The molecule has 5 rings (SSSR count). The molecule has 0 saturated heterocycles. The quantitative estimate of drug-likeness (QED) is 0.531. The molecule has 29 heavy (non-hydrogen) atoms. The van der Waals surface area contributed by atoms with Crippen LogP contribution in [0.15, 0.2) is 76.2 Å². The van der Waals surface area contributed by atoms with Crippen LogP contribution in [0.1, 0.15) is 33.2 Å². The molecule has 0 aliphatic carbocycles. The molecule has 1 aliphatic rings. The minimum Gasteiger partial charge on any atom is -0.451 e. The Bertz CT molecular complexity index is 1290. The number of amides is 1. The SMILES string of the molecule is Cn1cc([C@H]2CN(C(=O)c3cc(=O)c4ccccc4o3)Cc3ccccc32)cn1. The first kappa shape index (κ1) is 17.4. The number of nitrogens with zero attached hydrogens (tertiary/aromatic N) is 3. The van der Waals surface area contributed by atoms with Gasteiger partial charge in [0.15, 0.2) is 11.2 Å². The smallest absolute Gasteiger partial charge is 0.290 e. The highest BCUT2D eigenvalue weighted by atomic mass is 16.3.